The summed E-state index contributed by atoms with van der Waals surface area (Å²) in [5.74, 6) is 0.754. The minimum Gasteiger partial charge on any atom is -0.443 e. The van der Waals surface area contributed by atoms with Gasteiger partial charge in [-0.2, -0.15) is 0 Å². The number of fused-ring (bicyclic) bond motifs is 1. The van der Waals surface area contributed by atoms with E-state index in [0.29, 0.717) is 6.54 Å². The second-order valence-corrected chi connectivity index (χ2v) is 5.58. The van der Waals surface area contributed by atoms with Crippen LogP contribution in [0.15, 0.2) is 18.3 Å². The van der Waals surface area contributed by atoms with Crippen molar-refractivity contribution >= 4 is 11.9 Å². The zero-order valence-electron chi connectivity index (χ0n) is 11.3. The van der Waals surface area contributed by atoms with Gasteiger partial charge in [0.05, 0.1) is 0 Å². The number of carbonyl (C=O) groups excluding carboxylic acids is 1. The number of hydrogen-bond acceptors (Lipinski definition) is 3. The van der Waals surface area contributed by atoms with Crippen LogP contribution >= 0.6 is 0 Å². The predicted octanol–water partition coefficient (Wildman–Crippen LogP) is 3.16. The van der Waals surface area contributed by atoms with Crippen molar-refractivity contribution in [2.45, 2.75) is 45.6 Å². The van der Waals surface area contributed by atoms with Gasteiger partial charge in [0.2, 0.25) is 0 Å². The van der Waals surface area contributed by atoms with Crippen molar-refractivity contribution in [1.82, 2.24) is 4.98 Å². The number of hydrogen-bond donors (Lipinski definition) is 0. The van der Waals surface area contributed by atoms with Gasteiger partial charge in [-0.3, -0.25) is 4.90 Å². The highest BCUT2D eigenvalue weighted by atomic mass is 16.6. The molecule has 2 rings (SSSR count). The lowest BCUT2D eigenvalue weighted by atomic mass is 10.1. The molecule has 0 fully saturated rings. The van der Waals surface area contributed by atoms with Crippen LogP contribution in [0.1, 0.15) is 39.2 Å². The van der Waals surface area contributed by atoms with Gasteiger partial charge in [0.25, 0.3) is 0 Å². The summed E-state index contributed by atoms with van der Waals surface area (Å²) in [6, 6.07) is 3.95. The van der Waals surface area contributed by atoms with Crippen molar-refractivity contribution in [3.8, 4) is 0 Å². The van der Waals surface area contributed by atoms with E-state index in [2.05, 4.69) is 4.98 Å². The molecule has 1 aliphatic rings. The third-order valence-electron chi connectivity index (χ3n) is 2.81. The SMILES string of the molecule is CC(C)(C)OC(=O)N1CCCCc2cccnc21. The summed E-state index contributed by atoms with van der Waals surface area (Å²) in [6.45, 7) is 6.31. The van der Waals surface area contributed by atoms with Crippen molar-refractivity contribution in [2.75, 3.05) is 11.4 Å². The van der Waals surface area contributed by atoms with E-state index in [9.17, 15) is 4.79 Å². The topological polar surface area (TPSA) is 42.4 Å². The summed E-state index contributed by atoms with van der Waals surface area (Å²) < 4.78 is 5.44. The number of anilines is 1. The summed E-state index contributed by atoms with van der Waals surface area (Å²) in [4.78, 5) is 18.2. The van der Waals surface area contributed by atoms with E-state index in [4.69, 9.17) is 4.74 Å². The molecule has 0 aromatic carbocycles. The van der Waals surface area contributed by atoms with Crippen molar-refractivity contribution in [2.24, 2.45) is 0 Å². The molecule has 1 amide bonds. The molecular formula is C14H20N2O2. The number of carbonyl (C=O) groups is 1. The third-order valence-corrected chi connectivity index (χ3v) is 2.81. The molecule has 0 saturated carbocycles. The summed E-state index contributed by atoms with van der Waals surface area (Å²) >= 11 is 0. The first-order chi connectivity index (χ1) is 8.47. The van der Waals surface area contributed by atoms with Crippen molar-refractivity contribution in [1.29, 1.82) is 0 Å². The molecule has 4 heteroatoms. The zero-order valence-corrected chi connectivity index (χ0v) is 11.3. The van der Waals surface area contributed by atoms with E-state index >= 15 is 0 Å². The first-order valence-electron chi connectivity index (χ1n) is 6.42. The van der Waals surface area contributed by atoms with Crippen LogP contribution in [0.2, 0.25) is 0 Å². The second-order valence-electron chi connectivity index (χ2n) is 5.58. The minimum atomic E-state index is -0.474. The highest BCUT2D eigenvalue weighted by molar-refractivity contribution is 5.87. The average molecular weight is 248 g/mol. The Hall–Kier alpha value is -1.58. The summed E-state index contributed by atoms with van der Waals surface area (Å²) in [5.41, 5.74) is 0.652. The number of amides is 1. The van der Waals surface area contributed by atoms with Gasteiger partial charge >= 0.3 is 6.09 Å². The maximum atomic E-state index is 12.2. The minimum absolute atomic E-state index is 0.302. The van der Waals surface area contributed by atoms with Gasteiger partial charge in [-0.15, -0.1) is 0 Å². The Morgan fingerprint density at radius 2 is 2.17 bits per heavy atom. The van der Waals surface area contributed by atoms with Gasteiger partial charge in [0, 0.05) is 12.7 Å². The maximum Gasteiger partial charge on any atom is 0.416 e. The maximum absolute atomic E-state index is 12.2. The van der Waals surface area contributed by atoms with Crippen LogP contribution in [0, 0.1) is 0 Å². The molecule has 0 saturated heterocycles. The molecule has 0 bridgehead atoms. The van der Waals surface area contributed by atoms with Crippen LogP contribution in [0.3, 0.4) is 0 Å². The molecule has 0 atom stereocenters. The van der Waals surface area contributed by atoms with Crippen molar-refractivity contribution < 1.29 is 9.53 Å². The molecular weight excluding hydrogens is 228 g/mol. The fourth-order valence-electron chi connectivity index (χ4n) is 2.05. The van der Waals surface area contributed by atoms with Crippen LogP contribution < -0.4 is 4.90 Å². The fourth-order valence-corrected chi connectivity index (χ4v) is 2.05. The number of rotatable bonds is 0. The molecule has 0 unspecified atom stereocenters. The lowest BCUT2D eigenvalue weighted by Gasteiger charge is -2.26. The molecule has 98 valence electrons. The van der Waals surface area contributed by atoms with Crippen LogP contribution in [0.4, 0.5) is 10.6 Å². The van der Waals surface area contributed by atoms with Crippen LogP contribution in [-0.2, 0) is 11.2 Å². The lowest BCUT2D eigenvalue weighted by molar-refractivity contribution is 0.0579. The van der Waals surface area contributed by atoms with Crippen molar-refractivity contribution in [3.05, 3.63) is 23.9 Å². The second kappa shape index (κ2) is 4.96. The Kier molecular flexibility index (Phi) is 3.55. The van der Waals surface area contributed by atoms with Gasteiger partial charge in [-0.1, -0.05) is 6.07 Å². The van der Waals surface area contributed by atoms with Crippen molar-refractivity contribution in [3.63, 3.8) is 0 Å². The first-order valence-corrected chi connectivity index (χ1v) is 6.42. The Labute approximate surface area is 108 Å². The number of ether oxygens (including phenoxy) is 1. The van der Waals surface area contributed by atoms with Gasteiger partial charge in [0.15, 0.2) is 0 Å². The monoisotopic (exact) mass is 248 g/mol. The molecule has 1 aromatic heterocycles. The molecule has 18 heavy (non-hydrogen) atoms. The molecule has 0 radical (unpaired) electrons. The average Bonchev–Trinajstić information content (AvgIpc) is 2.48. The van der Waals surface area contributed by atoms with Crippen LogP contribution in [-0.4, -0.2) is 23.2 Å². The van der Waals surface area contributed by atoms with Gasteiger partial charge < -0.3 is 4.74 Å². The van der Waals surface area contributed by atoms with Crippen LogP contribution in [0.5, 0.6) is 0 Å². The Bertz CT molecular complexity index is 438. The number of aryl methyl sites for hydroxylation is 1. The molecule has 0 aliphatic carbocycles. The van der Waals surface area contributed by atoms with Gasteiger partial charge in [-0.25, -0.2) is 9.78 Å². The molecule has 2 heterocycles. The quantitative estimate of drug-likeness (QED) is 0.708. The molecule has 1 aliphatic heterocycles. The first kappa shape index (κ1) is 12.9. The summed E-state index contributed by atoms with van der Waals surface area (Å²) in [6.07, 6.45) is 4.46. The summed E-state index contributed by atoms with van der Waals surface area (Å²) in [5, 5.41) is 0. The van der Waals surface area contributed by atoms with E-state index in [1.54, 1.807) is 11.1 Å². The van der Waals surface area contributed by atoms with Gasteiger partial charge in [-0.05, 0) is 51.7 Å². The largest absolute Gasteiger partial charge is 0.443 e. The van der Waals surface area contributed by atoms with E-state index in [1.807, 2.05) is 32.9 Å². The standard InChI is InChI=1S/C14H20N2O2/c1-14(2,3)18-13(17)16-10-5-4-7-11-8-6-9-15-12(11)16/h6,8-9H,4-5,7,10H2,1-3H3. The van der Waals surface area contributed by atoms with E-state index in [-0.39, 0.29) is 6.09 Å². The third kappa shape index (κ3) is 3.00. The Balaban J connectivity index is 2.25. The predicted molar refractivity (Wildman–Crippen MR) is 70.8 cm³/mol. The summed E-state index contributed by atoms with van der Waals surface area (Å²) in [7, 11) is 0. The van der Waals surface area contributed by atoms with Gasteiger partial charge in [0.1, 0.15) is 11.4 Å². The normalized spacial score (nSPS) is 15.8. The fraction of sp³-hybridized carbons (Fsp3) is 0.571. The Morgan fingerprint density at radius 1 is 1.39 bits per heavy atom. The lowest BCUT2D eigenvalue weighted by Crippen LogP contribution is -2.37. The molecule has 1 aromatic rings. The zero-order chi connectivity index (χ0) is 13.2. The molecule has 4 nitrogen and oxygen atoms in total. The van der Waals surface area contributed by atoms with E-state index in [1.165, 1.54) is 0 Å². The highest BCUT2D eigenvalue weighted by Crippen LogP contribution is 2.25. The smallest absolute Gasteiger partial charge is 0.416 e. The molecule has 0 N–H and O–H groups in total. The molecule has 0 spiro atoms. The number of nitrogens with zero attached hydrogens (tertiary/aromatic N) is 2. The van der Waals surface area contributed by atoms with Crippen LogP contribution in [0.25, 0.3) is 0 Å². The van der Waals surface area contributed by atoms with E-state index in [0.717, 1.165) is 30.6 Å². The van der Waals surface area contributed by atoms with E-state index < -0.39 is 5.60 Å². The highest BCUT2D eigenvalue weighted by Gasteiger charge is 2.26. The Morgan fingerprint density at radius 3 is 2.89 bits per heavy atom. The number of aromatic nitrogens is 1. The number of pyridine rings is 1.